The molecule has 0 saturated carbocycles. The van der Waals surface area contributed by atoms with Crippen LogP contribution in [0.3, 0.4) is 0 Å². The highest BCUT2D eigenvalue weighted by atomic mass is 16.3. The van der Waals surface area contributed by atoms with Gasteiger partial charge >= 0.3 is 6.15 Å². The summed E-state index contributed by atoms with van der Waals surface area (Å²) >= 11 is 0. The molecule has 0 amide bonds. The van der Waals surface area contributed by atoms with Gasteiger partial charge < -0.3 is 5.11 Å². The van der Waals surface area contributed by atoms with Crippen LogP contribution in [-0.2, 0) is 20.4 Å². The summed E-state index contributed by atoms with van der Waals surface area (Å²) in [4.78, 5) is 16.2. The highest BCUT2D eigenvalue weighted by Gasteiger charge is 2.25. The first-order valence-corrected chi connectivity index (χ1v) is 6.29. The van der Waals surface area contributed by atoms with Crippen molar-refractivity contribution in [2.45, 2.75) is 59.3 Å². The molecular weight excluding hydrogens is 240 g/mol. The first-order valence-electron chi connectivity index (χ1n) is 6.29. The molecule has 19 heavy (non-hydrogen) atoms. The van der Waals surface area contributed by atoms with E-state index in [1.807, 2.05) is 0 Å². The van der Waals surface area contributed by atoms with E-state index in [1.165, 1.54) is 5.56 Å². The quantitative estimate of drug-likeness (QED) is 0.777. The van der Waals surface area contributed by atoms with Crippen LogP contribution in [0.5, 0.6) is 5.75 Å². The van der Waals surface area contributed by atoms with E-state index in [2.05, 4.69) is 60.6 Å². The van der Waals surface area contributed by atoms with Gasteiger partial charge in [0.05, 0.1) is 0 Å². The van der Waals surface area contributed by atoms with Crippen LogP contribution in [0.1, 0.15) is 58.2 Å². The van der Waals surface area contributed by atoms with Gasteiger partial charge in [0.25, 0.3) is 0 Å². The minimum absolute atomic E-state index is 0.0178. The minimum atomic E-state index is -0.0178. The lowest BCUT2D eigenvalue weighted by Crippen LogP contribution is -2.17. The molecule has 0 aliphatic rings. The van der Waals surface area contributed by atoms with Crippen molar-refractivity contribution in [2.75, 3.05) is 0 Å². The van der Waals surface area contributed by atoms with Crippen molar-refractivity contribution < 1.29 is 14.7 Å². The average molecular weight is 264 g/mol. The lowest BCUT2D eigenvalue weighted by molar-refractivity contribution is -0.191. The van der Waals surface area contributed by atoms with Crippen LogP contribution in [0.25, 0.3) is 0 Å². The molecule has 3 heteroatoms. The normalized spacial score (nSPS) is 11.3. The standard InChI is InChI=1S/C15H24O.CO2/c1-10-8-11(14(2,3)4)13(16)12(9-10)15(5,6)7;2-1-3/h8-9,16H,1-7H3;. The fraction of sp³-hybridized carbons (Fsp3) is 0.562. The monoisotopic (exact) mass is 264 g/mol. The molecule has 1 rings (SSSR count). The Morgan fingerprint density at radius 2 is 1.16 bits per heavy atom. The number of phenols is 1. The molecule has 106 valence electrons. The minimum Gasteiger partial charge on any atom is -0.507 e. The maximum Gasteiger partial charge on any atom is 0.373 e. The Morgan fingerprint density at radius 3 is 1.37 bits per heavy atom. The summed E-state index contributed by atoms with van der Waals surface area (Å²) in [6.45, 7) is 14.9. The Balaban J connectivity index is 0.000000982. The third kappa shape index (κ3) is 4.88. The van der Waals surface area contributed by atoms with Crippen molar-refractivity contribution in [2.24, 2.45) is 0 Å². The largest absolute Gasteiger partial charge is 0.507 e. The van der Waals surface area contributed by atoms with E-state index < -0.39 is 0 Å². The summed E-state index contributed by atoms with van der Waals surface area (Å²) in [5.74, 6) is 0.464. The van der Waals surface area contributed by atoms with Crippen LogP contribution in [0, 0.1) is 6.92 Å². The number of benzene rings is 1. The van der Waals surface area contributed by atoms with Gasteiger partial charge in [0.15, 0.2) is 0 Å². The predicted octanol–water partition coefficient (Wildman–Crippen LogP) is 3.71. The van der Waals surface area contributed by atoms with Gasteiger partial charge in [0.2, 0.25) is 0 Å². The van der Waals surface area contributed by atoms with Crippen molar-refractivity contribution in [3.8, 4) is 5.75 Å². The number of phenolic OH excluding ortho intramolecular Hbond substituents is 1. The molecule has 0 aromatic heterocycles. The maximum atomic E-state index is 10.4. The molecule has 3 nitrogen and oxygen atoms in total. The predicted molar refractivity (Wildman–Crippen MR) is 75.3 cm³/mol. The van der Waals surface area contributed by atoms with Gasteiger partial charge in [-0.3, -0.25) is 0 Å². The fourth-order valence-corrected chi connectivity index (χ4v) is 1.92. The van der Waals surface area contributed by atoms with E-state index >= 15 is 0 Å². The molecule has 0 fully saturated rings. The zero-order valence-electron chi connectivity index (χ0n) is 12.9. The summed E-state index contributed by atoms with van der Waals surface area (Å²) in [7, 11) is 0. The van der Waals surface area contributed by atoms with Crippen LogP contribution in [0.2, 0.25) is 0 Å². The second-order valence-corrected chi connectivity index (χ2v) is 6.79. The zero-order chi connectivity index (χ0) is 15.4. The number of aromatic hydroxyl groups is 1. The van der Waals surface area contributed by atoms with Crippen molar-refractivity contribution in [1.82, 2.24) is 0 Å². The van der Waals surface area contributed by atoms with E-state index in [1.54, 1.807) is 0 Å². The molecule has 0 bridgehead atoms. The number of hydrogen-bond acceptors (Lipinski definition) is 3. The van der Waals surface area contributed by atoms with E-state index in [4.69, 9.17) is 9.59 Å². The maximum absolute atomic E-state index is 10.4. The topological polar surface area (TPSA) is 54.4 Å². The summed E-state index contributed by atoms with van der Waals surface area (Å²) < 4.78 is 0. The zero-order valence-corrected chi connectivity index (χ0v) is 12.9. The van der Waals surface area contributed by atoms with Gasteiger partial charge in [0, 0.05) is 0 Å². The third-order valence-electron chi connectivity index (χ3n) is 2.87. The molecule has 1 aromatic rings. The van der Waals surface area contributed by atoms with Crippen LogP contribution in [0.15, 0.2) is 12.1 Å². The van der Waals surface area contributed by atoms with Crippen molar-refractivity contribution >= 4 is 6.15 Å². The highest BCUT2D eigenvalue weighted by molar-refractivity contribution is 5.49. The molecule has 0 atom stereocenters. The molecule has 0 unspecified atom stereocenters. The Labute approximate surface area is 115 Å². The summed E-state index contributed by atoms with van der Waals surface area (Å²) in [5.41, 5.74) is 3.26. The van der Waals surface area contributed by atoms with Gasteiger partial charge in [-0.25, -0.2) is 0 Å². The number of rotatable bonds is 0. The van der Waals surface area contributed by atoms with E-state index in [0.29, 0.717) is 5.75 Å². The molecule has 0 heterocycles. The molecule has 1 aromatic carbocycles. The van der Waals surface area contributed by atoms with Crippen LogP contribution < -0.4 is 0 Å². The van der Waals surface area contributed by atoms with E-state index in [0.717, 1.165) is 11.1 Å². The van der Waals surface area contributed by atoms with Crippen LogP contribution >= 0.6 is 0 Å². The Kier molecular flexibility index (Phi) is 5.52. The molecule has 0 saturated heterocycles. The summed E-state index contributed by atoms with van der Waals surface area (Å²) in [5, 5.41) is 10.4. The second kappa shape index (κ2) is 6.03. The lowest BCUT2D eigenvalue weighted by Gasteiger charge is -2.27. The Morgan fingerprint density at radius 1 is 0.895 bits per heavy atom. The SMILES string of the molecule is Cc1cc(C(C)(C)C)c(O)c(C(C)(C)C)c1.O=C=O. The van der Waals surface area contributed by atoms with Crippen molar-refractivity contribution in [3.63, 3.8) is 0 Å². The Hall–Kier alpha value is -1.60. The van der Waals surface area contributed by atoms with Gasteiger partial charge in [0.1, 0.15) is 5.75 Å². The smallest absolute Gasteiger partial charge is 0.373 e. The first-order chi connectivity index (χ1) is 8.45. The second-order valence-electron chi connectivity index (χ2n) is 6.79. The van der Waals surface area contributed by atoms with Crippen LogP contribution in [0.4, 0.5) is 0 Å². The molecule has 0 aliphatic carbocycles. The molecule has 0 radical (unpaired) electrons. The lowest BCUT2D eigenvalue weighted by atomic mass is 9.78. The number of hydrogen-bond donors (Lipinski definition) is 1. The van der Waals surface area contributed by atoms with Crippen molar-refractivity contribution in [1.29, 1.82) is 0 Å². The summed E-state index contributed by atoms with van der Waals surface area (Å²) in [6.07, 6.45) is 0.250. The van der Waals surface area contributed by atoms with Gasteiger partial charge in [-0.15, -0.1) is 0 Å². The molecule has 0 aliphatic heterocycles. The van der Waals surface area contributed by atoms with Gasteiger partial charge in [-0.05, 0) is 28.9 Å². The third-order valence-corrected chi connectivity index (χ3v) is 2.87. The Bertz CT molecular complexity index is 433. The van der Waals surface area contributed by atoms with Crippen molar-refractivity contribution in [3.05, 3.63) is 28.8 Å². The highest BCUT2D eigenvalue weighted by Crippen LogP contribution is 2.39. The molecule has 0 spiro atoms. The first kappa shape index (κ1) is 17.4. The van der Waals surface area contributed by atoms with Crippen LogP contribution in [-0.4, -0.2) is 11.3 Å². The number of carbonyl (C=O) groups excluding carboxylic acids is 2. The summed E-state index contributed by atoms with van der Waals surface area (Å²) in [6, 6.07) is 4.18. The average Bonchev–Trinajstić information content (AvgIpc) is 2.19. The number of aryl methyl sites for hydroxylation is 1. The fourth-order valence-electron chi connectivity index (χ4n) is 1.92. The van der Waals surface area contributed by atoms with E-state index in [9.17, 15) is 5.11 Å². The molecular formula is C16H24O3. The van der Waals surface area contributed by atoms with E-state index in [-0.39, 0.29) is 17.0 Å². The van der Waals surface area contributed by atoms with Gasteiger partial charge in [-0.1, -0.05) is 59.2 Å². The molecule has 1 N–H and O–H groups in total. The van der Waals surface area contributed by atoms with Gasteiger partial charge in [-0.2, -0.15) is 9.59 Å².